The maximum absolute atomic E-state index is 12.4. The average molecular weight is 287 g/mol. The Morgan fingerprint density at radius 3 is 2.52 bits per heavy atom. The van der Waals surface area contributed by atoms with Gasteiger partial charge in [-0.1, -0.05) is 11.8 Å². The third-order valence-electron chi connectivity index (χ3n) is 3.31. The van der Waals surface area contributed by atoms with E-state index in [2.05, 4.69) is 16.8 Å². The molecule has 110 valence electrons. The van der Waals surface area contributed by atoms with Crippen LogP contribution >= 0.6 is 0 Å². The number of hydrogen-bond acceptors (Lipinski definition) is 4. The van der Waals surface area contributed by atoms with Crippen LogP contribution in [0.25, 0.3) is 0 Å². The van der Waals surface area contributed by atoms with Gasteiger partial charge in [-0.25, -0.2) is 0 Å². The summed E-state index contributed by atoms with van der Waals surface area (Å²) in [7, 11) is 0. The number of amides is 2. The molecule has 1 aromatic heterocycles. The molecule has 1 saturated heterocycles. The summed E-state index contributed by atoms with van der Waals surface area (Å²) in [6.07, 6.45) is 3.05. The number of hydrogen-bond donors (Lipinski definition) is 1. The molecule has 0 aromatic carbocycles. The molecule has 1 N–H and O–H groups in total. The van der Waals surface area contributed by atoms with Crippen molar-refractivity contribution in [2.24, 2.45) is 0 Å². The molecule has 0 unspecified atom stereocenters. The molecular formula is C15H17N3O3. The molecule has 0 spiro atoms. The van der Waals surface area contributed by atoms with Crippen LogP contribution in [-0.4, -0.2) is 64.5 Å². The Balaban J connectivity index is 2.05. The molecule has 2 amide bonds. The molecule has 2 rings (SSSR count). The lowest BCUT2D eigenvalue weighted by molar-refractivity contribution is -0.130. The van der Waals surface area contributed by atoms with Crippen molar-refractivity contribution < 1.29 is 14.7 Å². The van der Waals surface area contributed by atoms with E-state index in [1.807, 2.05) is 0 Å². The molecule has 1 aliphatic rings. The predicted octanol–water partition coefficient (Wildman–Crippen LogP) is -0.270. The maximum atomic E-state index is 12.4. The topological polar surface area (TPSA) is 73.7 Å². The zero-order valence-electron chi connectivity index (χ0n) is 11.9. The minimum atomic E-state index is -0.231. The first kappa shape index (κ1) is 15.0. The molecule has 1 aliphatic heterocycles. The minimum Gasteiger partial charge on any atom is -0.384 e. The second kappa shape index (κ2) is 6.86. The highest BCUT2D eigenvalue weighted by molar-refractivity contribution is 5.94. The lowest BCUT2D eigenvalue weighted by Crippen LogP contribution is -2.50. The number of aliphatic hydroxyl groups excluding tert-OH is 1. The van der Waals surface area contributed by atoms with E-state index in [1.165, 1.54) is 13.1 Å². The second-order valence-electron chi connectivity index (χ2n) is 4.72. The Hall–Kier alpha value is -2.39. The zero-order valence-corrected chi connectivity index (χ0v) is 11.9. The molecule has 21 heavy (non-hydrogen) atoms. The minimum absolute atomic E-state index is 0.0324. The predicted molar refractivity (Wildman–Crippen MR) is 76.4 cm³/mol. The first-order chi connectivity index (χ1) is 10.1. The molecule has 6 heteroatoms. The van der Waals surface area contributed by atoms with Crippen molar-refractivity contribution in [2.45, 2.75) is 6.92 Å². The van der Waals surface area contributed by atoms with Crippen LogP contribution < -0.4 is 0 Å². The van der Waals surface area contributed by atoms with Gasteiger partial charge in [0.2, 0.25) is 5.91 Å². The summed E-state index contributed by atoms with van der Waals surface area (Å²) in [5, 5.41) is 8.68. The highest BCUT2D eigenvalue weighted by atomic mass is 16.2. The van der Waals surface area contributed by atoms with E-state index in [1.54, 1.807) is 22.1 Å². The van der Waals surface area contributed by atoms with Gasteiger partial charge in [0.15, 0.2) is 0 Å². The lowest BCUT2D eigenvalue weighted by Gasteiger charge is -2.34. The molecule has 1 fully saturated rings. The fourth-order valence-electron chi connectivity index (χ4n) is 2.17. The third-order valence-corrected chi connectivity index (χ3v) is 3.31. The standard InChI is InChI=1S/C15H17N3O3/c1-12(20)17-4-6-18(7-5-17)15(21)14-9-13(3-2-8-19)10-16-11-14/h9-11,19H,4-8H2,1H3. The molecule has 0 aliphatic carbocycles. The Bertz CT molecular complexity index is 596. The lowest BCUT2D eigenvalue weighted by atomic mass is 10.1. The quantitative estimate of drug-likeness (QED) is 0.722. The Kier molecular flexibility index (Phi) is 4.90. The maximum Gasteiger partial charge on any atom is 0.255 e. The first-order valence-corrected chi connectivity index (χ1v) is 6.71. The largest absolute Gasteiger partial charge is 0.384 e. The smallest absolute Gasteiger partial charge is 0.255 e. The van der Waals surface area contributed by atoms with Gasteiger partial charge in [0.05, 0.1) is 5.56 Å². The molecule has 2 heterocycles. The SMILES string of the molecule is CC(=O)N1CCN(C(=O)c2cncc(C#CCO)c2)CC1. The monoisotopic (exact) mass is 287 g/mol. The van der Waals surface area contributed by atoms with Crippen molar-refractivity contribution in [3.63, 3.8) is 0 Å². The normalized spacial score (nSPS) is 14.4. The summed E-state index contributed by atoms with van der Waals surface area (Å²) in [5.74, 6) is 5.17. The van der Waals surface area contributed by atoms with E-state index in [-0.39, 0.29) is 18.4 Å². The first-order valence-electron chi connectivity index (χ1n) is 6.71. The van der Waals surface area contributed by atoms with Crippen molar-refractivity contribution in [1.82, 2.24) is 14.8 Å². The van der Waals surface area contributed by atoms with E-state index in [4.69, 9.17) is 5.11 Å². The van der Waals surface area contributed by atoms with Crippen molar-refractivity contribution in [2.75, 3.05) is 32.8 Å². The molecular weight excluding hydrogens is 270 g/mol. The molecule has 0 saturated carbocycles. The van der Waals surface area contributed by atoms with Crippen molar-refractivity contribution in [3.05, 3.63) is 29.6 Å². The van der Waals surface area contributed by atoms with Crippen LogP contribution in [0.3, 0.4) is 0 Å². The summed E-state index contributed by atoms with van der Waals surface area (Å²) in [6.45, 7) is 3.45. The van der Waals surface area contributed by atoms with Crippen LogP contribution in [0, 0.1) is 11.8 Å². The van der Waals surface area contributed by atoms with Crippen molar-refractivity contribution >= 4 is 11.8 Å². The number of rotatable bonds is 1. The van der Waals surface area contributed by atoms with Gasteiger partial charge in [0, 0.05) is 51.1 Å². The van der Waals surface area contributed by atoms with E-state index in [0.717, 1.165) is 0 Å². The van der Waals surface area contributed by atoms with Crippen LogP contribution in [0.2, 0.25) is 0 Å². The van der Waals surface area contributed by atoms with E-state index < -0.39 is 0 Å². The van der Waals surface area contributed by atoms with E-state index in [9.17, 15) is 9.59 Å². The number of pyridine rings is 1. The van der Waals surface area contributed by atoms with Crippen LogP contribution in [-0.2, 0) is 4.79 Å². The van der Waals surface area contributed by atoms with Gasteiger partial charge >= 0.3 is 0 Å². The van der Waals surface area contributed by atoms with Crippen LogP contribution in [0.4, 0.5) is 0 Å². The molecule has 0 atom stereocenters. The van der Waals surface area contributed by atoms with Gasteiger partial charge in [-0.15, -0.1) is 0 Å². The molecule has 1 aromatic rings. The van der Waals surface area contributed by atoms with Crippen molar-refractivity contribution in [1.29, 1.82) is 0 Å². The van der Waals surface area contributed by atoms with Gasteiger partial charge in [-0.05, 0) is 6.07 Å². The Morgan fingerprint density at radius 2 is 1.90 bits per heavy atom. The highest BCUT2D eigenvalue weighted by Crippen LogP contribution is 2.09. The van der Waals surface area contributed by atoms with Crippen LogP contribution in [0.5, 0.6) is 0 Å². The van der Waals surface area contributed by atoms with Crippen molar-refractivity contribution in [3.8, 4) is 11.8 Å². The van der Waals surface area contributed by atoms with Gasteiger partial charge in [0.25, 0.3) is 5.91 Å². The number of piperazine rings is 1. The van der Waals surface area contributed by atoms with Crippen LogP contribution in [0.15, 0.2) is 18.5 Å². The molecule has 6 nitrogen and oxygen atoms in total. The average Bonchev–Trinajstić information content (AvgIpc) is 2.52. The summed E-state index contributed by atoms with van der Waals surface area (Å²) in [4.78, 5) is 31.1. The number of carbonyl (C=O) groups excluding carboxylic acids is 2. The summed E-state index contributed by atoms with van der Waals surface area (Å²) in [6, 6.07) is 1.66. The number of aromatic nitrogens is 1. The summed E-state index contributed by atoms with van der Waals surface area (Å²) < 4.78 is 0. The summed E-state index contributed by atoms with van der Waals surface area (Å²) >= 11 is 0. The fourth-order valence-corrected chi connectivity index (χ4v) is 2.17. The van der Waals surface area contributed by atoms with E-state index in [0.29, 0.717) is 37.3 Å². The Morgan fingerprint density at radius 1 is 1.24 bits per heavy atom. The molecule has 0 bridgehead atoms. The molecule has 0 radical (unpaired) electrons. The third kappa shape index (κ3) is 3.80. The zero-order chi connectivity index (χ0) is 15.2. The fraction of sp³-hybridized carbons (Fsp3) is 0.400. The van der Waals surface area contributed by atoms with Gasteiger partial charge in [0.1, 0.15) is 6.61 Å². The van der Waals surface area contributed by atoms with Crippen LogP contribution in [0.1, 0.15) is 22.8 Å². The summed E-state index contributed by atoms with van der Waals surface area (Å²) in [5.41, 5.74) is 1.06. The second-order valence-corrected chi connectivity index (χ2v) is 4.72. The number of nitrogens with zero attached hydrogens (tertiary/aromatic N) is 3. The van der Waals surface area contributed by atoms with E-state index >= 15 is 0 Å². The highest BCUT2D eigenvalue weighted by Gasteiger charge is 2.23. The van der Waals surface area contributed by atoms with Gasteiger partial charge in [-0.2, -0.15) is 0 Å². The van der Waals surface area contributed by atoms with Gasteiger partial charge < -0.3 is 14.9 Å². The Labute approximate surface area is 123 Å². The van der Waals surface area contributed by atoms with Gasteiger partial charge in [-0.3, -0.25) is 14.6 Å². The number of carbonyl (C=O) groups is 2. The number of aliphatic hydroxyl groups is 1.